The largest absolute Gasteiger partial charge is 0.438 e. The number of hydrogen-bond acceptors (Lipinski definition) is 3. The third kappa shape index (κ3) is 2.55. The summed E-state index contributed by atoms with van der Waals surface area (Å²) in [6, 6.07) is 13.0. The number of benzene rings is 2. The van der Waals surface area contributed by atoms with Crippen molar-refractivity contribution >= 4 is 34.0 Å². The van der Waals surface area contributed by atoms with Crippen molar-refractivity contribution in [2.75, 3.05) is 0 Å². The van der Waals surface area contributed by atoms with Gasteiger partial charge in [-0.25, -0.2) is 4.98 Å². The summed E-state index contributed by atoms with van der Waals surface area (Å²) in [6.45, 7) is 1.76. The molecule has 0 spiro atoms. The van der Waals surface area contributed by atoms with E-state index in [0.717, 1.165) is 10.8 Å². The minimum Gasteiger partial charge on any atom is -0.438 e. The SMILES string of the molecule is Cc1nc(Cl)cc(Oc2ccc(Cl)c3ccccc23)n1. The summed E-state index contributed by atoms with van der Waals surface area (Å²) in [5, 5.41) is 2.89. The molecule has 0 amide bonds. The summed E-state index contributed by atoms with van der Waals surface area (Å²) < 4.78 is 5.81. The van der Waals surface area contributed by atoms with Crippen molar-refractivity contribution in [3.63, 3.8) is 0 Å². The standard InChI is InChI=1S/C15H10Cl2N2O/c1-9-18-14(17)8-15(19-9)20-13-7-6-12(16)10-4-2-3-5-11(10)13/h2-8H,1H3. The maximum absolute atomic E-state index is 6.18. The highest BCUT2D eigenvalue weighted by atomic mass is 35.5. The Morgan fingerprint density at radius 2 is 1.70 bits per heavy atom. The Kier molecular flexibility index (Phi) is 3.47. The van der Waals surface area contributed by atoms with Crippen LogP contribution in [-0.2, 0) is 0 Å². The van der Waals surface area contributed by atoms with E-state index in [1.54, 1.807) is 19.1 Å². The highest BCUT2D eigenvalue weighted by Gasteiger charge is 2.08. The first-order valence-corrected chi connectivity index (χ1v) is 6.75. The van der Waals surface area contributed by atoms with Gasteiger partial charge in [-0.15, -0.1) is 0 Å². The third-order valence-electron chi connectivity index (χ3n) is 2.83. The van der Waals surface area contributed by atoms with Crippen LogP contribution < -0.4 is 4.74 Å². The first kappa shape index (κ1) is 13.2. The predicted octanol–water partition coefficient (Wildman–Crippen LogP) is 5.04. The second-order valence-corrected chi connectivity index (χ2v) is 5.06. The van der Waals surface area contributed by atoms with Crippen molar-refractivity contribution in [3.8, 4) is 11.6 Å². The van der Waals surface area contributed by atoms with Crippen LogP contribution in [0, 0.1) is 6.92 Å². The van der Waals surface area contributed by atoms with E-state index in [-0.39, 0.29) is 0 Å². The van der Waals surface area contributed by atoms with Gasteiger partial charge in [-0.05, 0) is 19.1 Å². The molecule has 0 aliphatic carbocycles. The Balaban J connectivity index is 2.09. The quantitative estimate of drug-likeness (QED) is 0.622. The molecule has 1 heterocycles. The zero-order valence-electron chi connectivity index (χ0n) is 10.6. The molecule has 1 aromatic heterocycles. The van der Waals surface area contributed by atoms with Crippen LogP contribution in [0.3, 0.4) is 0 Å². The zero-order valence-corrected chi connectivity index (χ0v) is 12.1. The van der Waals surface area contributed by atoms with Crippen LogP contribution in [0.15, 0.2) is 42.5 Å². The molecule has 0 fully saturated rings. The lowest BCUT2D eigenvalue weighted by molar-refractivity contribution is 0.465. The lowest BCUT2D eigenvalue weighted by Crippen LogP contribution is -1.94. The van der Waals surface area contributed by atoms with Crippen LogP contribution in [-0.4, -0.2) is 9.97 Å². The van der Waals surface area contributed by atoms with E-state index in [9.17, 15) is 0 Å². The average molecular weight is 305 g/mol. The van der Waals surface area contributed by atoms with Gasteiger partial charge in [-0.3, -0.25) is 0 Å². The topological polar surface area (TPSA) is 35.0 Å². The summed E-state index contributed by atoms with van der Waals surface area (Å²) in [5.41, 5.74) is 0. The van der Waals surface area contributed by atoms with Crippen LogP contribution in [0.5, 0.6) is 11.6 Å². The predicted molar refractivity (Wildman–Crippen MR) is 80.8 cm³/mol. The fourth-order valence-electron chi connectivity index (χ4n) is 1.99. The molecule has 0 aliphatic rings. The number of aryl methyl sites for hydroxylation is 1. The molecular weight excluding hydrogens is 295 g/mol. The number of hydrogen-bond donors (Lipinski definition) is 0. The lowest BCUT2D eigenvalue weighted by Gasteiger charge is -2.09. The zero-order chi connectivity index (χ0) is 14.1. The van der Waals surface area contributed by atoms with E-state index in [1.165, 1.54) is 0 Å². The third-order valence-corrected chi connectivity index (χ3v) is 3.35. The van der Waals surface area contributed by atoms with Crippen molar-refractivity contribution in [3.05, 3.63) is 58.5 Å². The molecule has 2 aromatic carbocycles. The van der Waals surface area contributed by atoms with Crippen molar-refractivity contribution in [2.24, 2.45) is 0 Å². The molecular formula is C15H10Cl2N2O. The maximum Gasteiger partial charge on any atom is 0.224 e. The molecule has 0 bridgehead atoms. The van der Waals surface area contributed by atoms with Crippen molar-refractivity contribution in [2.45, 2.75) is 6.92 Å². The van der Waals surface area contributed by atoms with Gasteiger partial charge in [0.25, 0.3) is 0 Å². The molecule has 0 atom stereocenters. The smallest absolute Gasteiger partial charge is 0.224 e. The van der Waals surface area contributed by atoms with Crippen molar-refractivity contribution in [1.29, 1.82) is 0 Å². The number of fused-ring (bicyclic) bond motifs is 1. The summed E-state index contributed by atoms with van der Waals surface area (Å²) in [5.74, 6) is 1.65. The van der Waals surface area contributed by atoms with E-state index < -0.39 is 0 Å². The van der Waals surface area contributed by atoms with Gasteiger partial charge < -0.3 is 4.74 Å². The number of ether oxygens (including phenoxy) is 1. The highest BCUT2D eigenvalue weighted by Crippen LogP contribution is 2.33. The van der Waals surface area contributed by atoms with Gasteiger partial charge >= 0.3 is 0 Å². The lowest BCUT2D eigenvalue weighted by atomic mass is 10.1. The van der Waals surface area contributed by atoms with Crippen LogP contribution >= 0.6 is 23.2 Å². The average Bonchev–Trinajstić information content (AvgIpc) is 2.41. The monoisotopic (exact) mass is 304 g/mol. The van der Waals surface area contributed by atoms with Crippen LogP contribution in [0.25, 0.3) is 10.8 Å². The van der Waals surface area contributed by atoms with E-state index in [0.29, 0.717) is 27.6 Å². The number of halogens is 2. The molecule has 0 saturated heterocycles. The van der Waals surface area contributed by atoms with Gasteiger partial charge in [0.15, 0.2) is 0 Å². The van der Waals surface area contributed by atoms with Crippen LogP contribution in [0.2, 0.25) is 10.2 Å². The molecule has 3 aromatic rings. The highest BCUT2D eigenvalue weighted by molar-refractivity contribution is 6.35. The maximum atomic E-state index is 6.18. The second-order valence-electron chi connectivity index (χ2n) is 4.27. The van der Waals surface area contributed by atoms with Gasteiger partial charge in [0.1, 0.15) is 16.7 Å². The first-order valence-electron chi connectivity index (χ1n) is 6.00. The minimum absolute atomic E-state index is 0.353. The fraction of sp³-hybridized carbons (Fsp3) is 0.0667. The molecule has 0 aliphatic heterocycles. The normalized spacial score (nSPS) is 10.8. The molecule has 3 rings (SSSR count). The fourth-order valence-corrected chi connectivity index (χ4v) is 2.44. The molecule has 0 radical (unpaired) electrons. The van der Waals surface area contributed by atoms with Crippen molar-refractivity contribution < 1.29 is 4.74 Å². The van der Waals surface area contributed by atoms with Crippen LogP contribution in [0.4, 0.5) is 0 Å². The summed E-state index contributed by atoms with van der Waals surface area (Å²) in [6.07, 6.45) is 0. The summed E-state index contributed by atoms with van der Waals surface area (Å²) >= 11 is 12.1. The molecule has 0 N–H and O–H groups in total. The van der Waals surface area contributed by atoms with Gasteiger partial charge in [0, 0.05) is 21.9 Å². The van der Waals surface area contributed by atoms with E-state index >= 15 is 0 Å². The molecule has 20 heavy (non-hydrogen) atoms. The molecule has 0 saturated carbocycles. The van der Waals surface area contributed by atoms with Gasteiger partial charge in [0.2, 0.25) is 5.88 Å². The van der Waals surface area contributed by atoms with E-state index in [4.69, 9.17) is 27.9 Å². The number of aromatic nitrogens is 2. The Morgan fingerprint density at radius 3 is 2.45 bits per heavy atom. The van der Waals surface area contributed by atoms with Crippen LogP contribution in [0.1, 0.15) is 5.82 Å². The summed E-state index contributed by atoms with van der Waals surface area (Å²) in [7, 11) is 0. The Labute approximate surface area is 126 Å². The van der Waals surface area contributed by atoms with E-state index in [1.807, 2.05) is 30.3 Å². The first-order chi connectivity index (χ1) is 9.63. The second kappa shape index (κ2) is 5.27. The molecule has 5 heteroatoms. The van der Waals surface area contributed by atoms with Gasteiger partial charge in [-0.2, -0.15) is 4.98 Å². The number of rotatable bonds is 2. The van der Waals surface area contributed by atoms with Crippen molar-refractivity contribution in [1.82, 2.24) is 9.97 Å². The Morgan fingerprint density at radius 1 is 0.950 bits per heavy atom. The molecule has 100 valence electrons. The van der Waals surface area contributed by atoms with Gasteiger partial charge in [-0.1, -0.05) is 47.5 Å². The minimum atomic E-state index is 0.353. The molecule has 0 unspecified atom stereocenters. The number of nitrogens with zero attached hydrogens (tertiary/aromatic N) is 2. The van der Waals surface area contributed by atoms with E-state index in [2.05, 4.69) is 9.97 Å². The summed E-state index contributed by atoms with van der Waals surface area (Å²) in [4.78, 5) is 8.21. The Bertz CT molecular complexity index is 770. The Hall–Kier alpha value is -1.84. The molecule has 3 nitrogen and oxygen atoms in total. The van der Waals surface area contributed by atoms with Gasteiger partial charge in [0.05, 0.1) is 0 Å².